The lowest BCUT2D eigenvalue weighted by molar-refractivity contribution is 0.0924. The Labute approximate surface area is 112 Å². The van der Waals surface area contributed by atoms with Crippen molar-refractivity contribution in [1.29, 1.82) is 0 Å². The monoisotopic (exact) mass is 269 g/mol. The normalized spacial score (nSPS) is 11.2. The van der Waals surface area contributed by atoms with Crippen LogP contribution in [0.4, 0.5) is 4.39 Å². The lowest BCUT2D eigenvalue weighted by Gasteiger charge is -2.23. The number of halogens is 1. The van der Waals surface area contributed by atoms with Gasteiger partial charge in [-0.2, -0.15) is 0 Å². The van der Waals surface area contributed by atoms with Crippen molar-refractivity contribution in [3.63, 3.8) is 0 Å². The number of carbonyl (C=O) groups is 1. The Morgan fingerprint density at radius 1 is 1.47 bits per heavy atom. The SMILES string of the molecule is COc1ccc(C(=O)NCC(C)(C)CCO)c(F)c1. The van der Waals surface area contributed by atoms with E-state index in [1.54, 1.807) is 0 Å². The van der Waals surface area contributed by atoms with Crippen molar-refractivity contribution in [2.75, 3.05) is 20.3 Å². The van der Waals surface area contributed by atoms with Gasteiger partial charge in [-0.15, -0.1) is 0 Å². The average molecular weight is 269 g/mol. The van der Waals surface area contributed by atoms with Crippen LogP contribution in [-0.4, -0.2) is 31.3 Å². The summed E-state index contributed by atoms with van der Waals surface area (Å²) in [7, 11) is 1.44. The fourth-order valence-electron chi connectivity index (χ4n) is 1.61. The van der Waals surface area contributed by atoms with E-state index >= 15 is 0 Å². The van der Waals surface area contributed by atoms with Gasteiger partial charge >= 0.3 is 0 Å². The molecule has 0 aliphatic heterocycles. The topological polar surface area (TPSA) is 58.6 Å². The molecule has 19 heavy (non-hydrogen) atoms. The highest BCUT2D eigenvalue weighted by Gasteiger charge is 2.20. The second-order valence-electron chi connectivity index (χ2n) is 5.17. The average Bonchev–Trinajstić information content (AvgIpc) is 2.36. The van der Waals surface area contributed by atoms with Crippen molar-refractivity contribution in [3.8, 4) is 5.75 Å². The van der Waals surface area contributed by atoms with Crippen LogP contribution in [-0.2, 0) is 0 Å². The van der Waals surface area contributed by atoms with Gasteiger partial charge < -0.3 is 15.2 Å². The van der Waals surface area contributed by atoms with E-state index < -0.39 is 11.7 Å². The zero-order valence-corrected chi connectivity index (χ0v) is 11.5. The molecule has 0 bridgehead atoms. The van der Waals surface area contributed by atoms with Gasteiger partial charge in [0.25, 0.3) is 5.91 Å². The van der Waals surface area contributed by atoms with Crippen LogP contribution in [0.3, 0.4) is 0 Å². The van der Waals surface area contributed by atoms with E-state index in [2.05, 4.69) is 5.32 Å². The zero-order chi connectivity index (χ0) is 14.5. The maximum absolute atomic E-state index is 13.7. The number of nitrogens with one attached hydrogen (secondary N) is 1. The van der Waals surface area contributed by atoms with Crippen LogP contribution in [0.1, 0.15) is 30.6 Å². The lowest BCUT2D eigenvalue weighted by atomic mass is 9.89. The first-order chi connectivity index (χ1) is 8.89. The molecule has 1 amide bonds. The number of amides is 1. The summed E-state index contributed by atoms with van der Waals surface area (Å²) in [6, 6.07) is 4.10. The number of ether oxygens (including phenoxy) is 1. The molecule has 0 atom stereocenters. The van der Waals surface area contributed by atoms with Crippen molar-refractivity contribution in [3.05, 3.63) is 29.6 Å². The number of aliphatic hydroxyl groups excluding tert-OH is 1. The van der Waals surface area contributed by atoms with E-state index in [0.29, 0.717) is 18.7 Å². The van der Waals surface area contributed by atoms with E-state index in [4.69, 9.17) is 9.84 Å². The van der Waals surface area contributed by atoms with E-state index in [0.717, 1.165) is 0 Å². The molecule has 0 saturated heterocycles. The molecule has 0 aliphatic carbocycles. The summed E-state index contributed by atoms with van der Waals surface area (Å²) in [5, 5.41) is 11.6. The van der Waals surface area contributed by atoms with Gasteiger partial charge in [0, 0.05) is 19.2 Å². The van der Waals surface area contributed by atoms with Gasteiger partial charge in [-0.3, -0.25) is 4.79 Å². The summed E-state index contributed by atoms with van der Waals surface area (Å²) in [5.74, 6) is -0.711. The standard InChI is InChI=1S/C14H20FNO3/c1-14(2,6-7-17)9-16-13(18)11-5-4-10(19-3)8-12(11)15/h4-5,8,17H,6-7,9H2,1-3H3,(H,16,18). The predicted octanol–water partition coefficient (Wildman–Crippen LogP) is 1.97. The van der Waals surface area contributed by atoms with E-state index in [-0.39, 0.29) is 17.6 Å². The molecule has 0 heterocycles. The number of carbonyl (C=O) groups excluding carboxylic acids is 1. The van der Waals surface area contributed by atoms with Crippen molar-refractivity contribution in [1.82, 2.24) is 5.32 Å². The molecule has 0 radical (unpaired) electrons. The molecule has 1 aromatic carbocycles. The molecular formula is C14H20FNO3. The van der Waals surface area contributed by atoms with E-state index in [1.807, 2.05) is 13.8 Å². The Morgan fingerprint density at radius 2 is 2.16 bits per heavy atom. The molecular weight excluding hydrogens is 249 g/mol. The summed E-state index contributed by atoms with van der Waals surface area (Å²) < 4.78 is 18.6. The smallest absolute Gasteiger partial charge is 0.254 e. The maximum atomic E-state index is 13.7. The highest BCUT2D eigenvalue weighted by molar-refractivity contribution is 5.94. The number of hydrogen-bond acceptors (Lipinski definition) is 3. The van der Waals surface area contributed by atoms with Gasteiger partial charge in [0.05, 0.1) is 12.7 Å². The summed E-state index contributed by atoms with van der Waals surface area (Å²) in [6.45, 7) is 4.28. The second-order valence-corrected chi connectivity index (χ2v) is 5.17. The minimum Gasteiger partial charge on any atom is -0.497 e. The van der Waals surface area contributed by atoms with E-state index in [9.17, 15) is 9.18 Å². The molecule has 0 aliphatic rings. The third kappa shape index (κ3) is 4.52. The molecule has 5 heteroatoms. The Balaban J connectivity index is 2.68. The predicted molar refractivity (Wildman–Crippen MR) is 70.8 cm³/mol. The third-order valence-corrected chi connectivity index (χ3v) is 2.94. The van der Waals surface area contributed by atoms with Gasteiger partial charge in [-0.05, 0) is 24.0 Å². The van der Waals surface area contributed by atoms with Crippen molar-refractivity contribution in [2.24, 2.45) is 5.41 Å². The van der Waals surface area contributed by atoms with E-state index in [1.165, 1.54) is 25.3 Å². The van der Waals surface area contributed by atoms with Crippen LogP contribution in [0, 0.1) is 11.2 Å². The molecule has 4 nitrogen and oxygen atoms in total. The summed E-state index contributed by atoms with van der Waals surface area (Å²) in [6.07, 6.45) is 0.568. The van der Waals surface area contributed by atoms with Crippen LogP contribution >= 0.6 is 0 Å². The van der Waals surface area contributed by atoms with Gasteiger partial charge in [-0.1, -0.05) is 13.8 Å². The molecule has 2 N–H and O–H groups in total. The Morgan fingerprint density at radius 3 is 2.68 bits per heavy atom. The molecule has 1 aromatic rings. The van der Waals surface area contributed by atoms with Crippen LogP contribution < -0.4 is 10.1 Å². The van der Waals surface area contributed by atoms with Gasteiger partial charge in [0.1, 0.15) is 11.6 Å². The largest absolute Gasteiger partial charge is 0.497 e. The summed E-state index contributed by atoms with van der Waals surface area (Å²) in [4.78, 5) is 11.9. The minimum absolute atomic E-state index is 0.0133. The molecule has 0 unspecified atom stereocenters. The fraction of sp³-hybridized carbons (Fsp3) is 0.500. The van der Waals surface area contributed by atoms with Gasteiger partial charge in [0.15, 0.2) is 0 Å². The van der Waals surface area contributed by atoms with Crippen LogP contribution in [0.2, 0.25) is 0 Å². The third-order valence-electron chi connectivity index (χ3n) is 2.94. The Kier molecular flexibility index (Phi) is 5.30. The summed E-state index contributed by atoms with van der Waals surface area (Å²) in [5.41, 5.74) is -0.242. The fourth-order valence-corrected chi connectivity index (χ4v) is 1.61. The van der Waals surface area contributed by atoms with Crippen LogP contribution in [0.15, 0.2) is 18.2 Å². The second kappa shape index (κ2) is 6.52. The van der Waals surface area contributed by atoms with Gasteiger partial charge in [-0.25, -0.2) is 4.39 Å². The van der Waals surface area contributed by atoms with Crippen molar-refractivity contribution < 1.29 is 19.0 Å². The highest BCUT2D eigenvalue weighted by atomic mass is 19.1. The van der Waals surface area contributed by atoms with Crippen molar-refractivity contribution in [2.45, 2.75) is 20.3 Å². The maximum Gasteiger partial charge on any atom is 0.254 e. The number of aliphatic hydroxyl groups is 1. The first-order valence-corrected chi connectivity index (χ1v) is 6.12. The first kappa shape index (κ1) is 15.4. The summed E-state index contributed by atoms with van der Waals surface area (Å²) >= 11 is 0. The number of hydrogen-bond donors (Lipinski definition) is 2. The number of methoxy groups -OCH3 is 1. The molecule has 106 valence electrons. The van der Waals surface area contributed by atoms with Crippen molar-refractivity contribution >= 4 is 5.91 Å². The number of benzene rings is 1. The highest BCUT2D eigenvalue weighted by Crippen LogP contribution is 2.19. The van der Waals surface area contributed by atoms with Crippen LogP contribution in [0.25, 0.3) is 0 Å². The number of rotatable bonds is 6. The minimum atomic E-state index is -0.614. The lowest BCUT2D eigenvalue weighted by Crippen LogP contribution is -2.34. The Bertz CT molecular complexity index is 446. The van der Waals surface area contributed by atoms with Gasteiger partial charge in [0.2, 0.25) is 0 Å². The van der Waals surface area contributed by atoms with Crippen LogP contribution in [0.5, 0.6) is 5.75 Å². The molecule has 0 aromatic heterocycles. The molecule has 0 spiro atoms. The molecule has 0 saturated carbocycles. The zero-order valence-electron chi connectivity index (χ0n) is 11.5. The quantitative estimate of drug-likeness (QED) is 0.830. The molecule has 1 rings (SSSR count). The first-order valence-electron chi connectivity index (χ1n) is 6.12. The molecule has 0 fully saturated rings. The Hall–Kier alpha value is -1.62.